The van der Waals surface area contributed by atoms with Crippen LogP contribution in [0.4, 0.5) is 5.82 Å². The van der Waals surface area contributed by atoms with Crippen LogP contribution in [-0.2, 0) is 4.79 Å². The van der Waals surface area contributed by atoms with Crippen molar-refractivity contribution in [2.24, 2.45) is 5.92 Å². The fraction of sp³-hybridized carbons (Fsp3) is 0.462. The number of carboxylic acids is 1. The Morgan fingerprint density at radius 1 is 1.39 bits per heavy atom. The third kappa shape index (κ3) is 4.16. The molecule has 2 N–H and O–H groups in total. The summed E-state index contributed by atoms with van der Waals surface area (Å²) in [6.07, 6.45) is 1.96. The first-order valence-electron chi connectivity index (χ1n) is 5.86. The van der Waals surface area contributed by atoms with Crippen molar-refractivity contribution in [3.63, 3.8) is 0 Å². The minimum atomic E-state index is -0.902. The Morgan fingerprint density at radius 2 is 2.06 bits per heavy atom. The fourth-order valence-electron chi connectivity index (χ4n) is 1.56. The average Bonchev–Trinajstić information content (AvgIpc) is 2.28. The van der Waals surface area contributed by atoms with Crippen molar-refractivity contribution in [2.75, 3.05) is 5.32 Å². The van der Waals surface area contributed by atoms with Crippen LogP contribution in [0.25, 0.3) is 0 Å². The summed E-state index contributed by atoms with van der Waals surface area (Å²) in [5, 5.41) is 11.9. The SMILES string of the molecule is CC(=O)c1ccc(NC(CC(C)C)C(=O)O)nc1. The molecular formula is C13H18N2O3. The Balaban J connectivity index is 2.75. The van der Waals surface area contributed by atoms with Gasteiger partial charge in [0.15, 0.2) is 5.78 Å². The first-order chi connectivity index (χ1) is 8.40. The van der Waals surface area contributed by atoms with E-state index in [-0.39, 0.29) is 11.7 Å². The molecule has 0 aliphatic heterocycles. The summed E-state index contributed by atoms with van der Waals surface area (Å²) in [6.45, 7) is 5.39. The molecule has 1 atom stereocenters. The smallest absolute Gasteiger partial charge is 0.326 e. The zero-order valence-corrected chi connectivity index (χ0v) is 10.8. The molecular weight excluding hydrogens is 232 g/mol. The molecule has 0 aliphatic carbocycles. The molecule has 0 radical (unpaired) electrons. The number of pyridine rings is 1. The van der Waals surface area contributed by atoms with Gasteiger partial charge in [-0.05, 0) is 31.4 Å². The number of anilines is 1. The van der Waals surface area contributed by atoms with Crippen LogP contribution >= 0.6 is 0 Å². The van der Waals surface area contributed by atoms with E-state index in [4.69, 9.17) is 5.11 Å². The summed E-state index contributed by atoms with van der Waals surface area (Å²) in [4.78, 5) is 26.2. The lowest BCUT2D eigenvalue weighted by Gasteiger charge is -2.16. The molecule has 5 heteroatoms. The van der Waals surface area contributed by atoms with Crippen molar-refractivity contribution >= 4 is 17.6 Å². The van der Waals surface area contributed by atoms with Gasteiger partial charge in [0.2, 0.25) is 0 Å². The van der Waals surface area contributed by atoms with Gasteiger partial charge in [0.1, 0.15) is 11.9 Å². The summed E-state index contributed by atoms with van der Waals surface area (Å²) in [5.74, 6) is -0.227. The van der Waals surface area contributed by atoms with E-state index in [2.05, 4.69) is 10.3 Å². The molecule has 18 heavy (non-hydrogen) atoms. The molecule has 0 aromatic carbocycles. The highest BCUT2D eigenvalue weighted by atomic mass is 16.4. The largest absolute Gasteiger partial charge is 0.480 e. The Bertz CT molecular complexity index is 426. The van der Waals surface area contributed by atoms with Crippen LogP contribution < -0.4 is 5.32 Å². The van der Waals surface area contributed by atoms with E-state index >= 15 is 0 Å². The van der Waals surface area contributed by atoms with Crippen LogP contribution in [0, 0.1) is 5.92 Å². The highest BCUT2D eigenvalue weighted by Gasteiger charge is 2.18. The molecule has 0 saturated heterocycles. The van der Waals surface area contributed by atoms with Crippen molar-refractivity contribution in [3.8, 4) is 0 Å². The zero-order chi connectivity index (χ0) is 13.7. The molecule has 1 unspecified atom stereocenters. The van der Waals surface area contributed by atoms with Gasteiger partial charge in [-0.3, -0.25) is 4.79 Å². The van der Waals surface area contributed by atoms with E-state index in [1.54, 1.807) is 12.1 Å². The molecule has 1 aromatic rings. The number of aromatic nitrogens is 1. The molecule has 5 nitrogen and oxygen atoms in total. The van der Waals surface area contributed by atoms with Gasteiger partial charge in [0, 0.05) is 11.8 Å². The van der Waals surface area contributed by atoms with E-state index in [9.17, 15) is 9.59 Å². The van der Waals surface area contributed by atoms with E-state index in [0.717, 1.165) is 0 Å². The van der Waals surface area contributed by atoms with Crippen LogP contribution in [0.3, 0.4) is 0 Å². The van der Waals surface area contributed by atoms with Crippen molar-refractivity contribution in [3.05, 3.63) is 23.9 Å². The number of hydrogen-bond donors (Lipinski definition) is 2. The number of Topliss-reactive ketones (excluding diaryl/α,β-unsaturated/α-hetero) is 1. The normalized spacial score (nSPS) is 12.2. The van der Waals surface area contributed by atoms with Gasteiger partial charge in [-0.2, -0.15) is 0 Å². The quantitative estimate of drug-likeness (QED) is 0.756. The Labute approximate surface area is 106 Å². The fourth-order valence-corrected chi connectivity index (χ4v) is 1.56. The van der Waals surface area contributed by atoms with Crippen molar-refractivity contribution in [1.82, 2.24) is 4.98 Å². The van der Waals surface area contributed by atoms with Gasteiger partial charge in [-0.15, -0.1) is 0 Å². The highest BCUT2D eigenvalue weighted by molar-refractivity contribution is 5.93. The lowest BCUT2D eigenvalue weighted by molar-refractivity contribution is -0.138. The van der Waals surface area contributed by atoms with Crippen LogP contribution in [0.2, 0.25) is 0 Å². The summed E-state index contributed by atoms with van der Waals surface area (Å²) < 4.78 is 0. The van der Waals surface area contributed by atoms with Crippen LogP contribution in [0.5, 0.6) is 0 Å². The van der Waals surface area contributed by atoms with Crippen molar-refractivity contribution < 1.29 is 14.7 Å². The summed E-state index contributed by atoms with van der Waals surface area (Å²) >= 11 is 0. The van der Waals surface area contributed by atoms with Crippen LogP contribution in [-0.4, -0.2) is 27.9 Å². The minimum Gasteiger partial charge on any atom is -0.480 e. The van der Waals surface area contributed by atoms with Gasteiger partial charge in [0.05, 0.1) is 0 Å². The van der Waals surface area contributed by atoms with Crippen LogP contribution in [0.15, 0.2) is 18.3 Å². The second-order valence-corrected chi connectivity index (χ2v) is 4.65. The number of ketones is 1. The zero-order valence-electron chi connectivity index (χ0n) is 10.8. The number of carboxylic acid groups (broad SMARTS) is 1. The number of carbonyl (C=O) groups excluding carboxylic acids is 1. The van der Waals surface area contributed by atoms with E-state index < -0.39 is 12.0 Å². The van der Waals surface area contributed by atoms with Gasteiger partial charge in [-0.25, -0.2) is 9.78 Å². The highest BCUT2D eigenvalue weighted by Crippen LogP contribution is 2.12. The Hall–Kier alpha value is -1.91. The Kier molecular flexibility index (Phi) is 4.83. The third-order valence-electron chi connectivity index (χ3n) is 2.50. The minimum absolute atomic E-state index is 0.0639. The second-order valence-electron chi connectivity index (χ2n) is 4.65. The van der Waals surface area contributed by atoms with Gasteiger partial charge >= 0.3 is 5.97 Å². The standard InChI is InChI=1S/C13H18N2O3/c1-8(2)6-11(13(17)18)15-12-5-4-10(7-14-12)9(3)16/h4-5,7-8,11H,6H2,1-3H3,(H,14,15)(H,17,18). The van der Waals surface area contributed by atoms with Gasteiger partial charge < -0.3 is 10.4 Å². The molecule has 0 aliphatic rings. The monoisotopic (exact) mass is 250 g/mol. The third-order valence-corrected chi connectivity index (χ3v) is 2.50. The topological polar surface area (TPSA) is 79.3 Å². The molecule has 0 fully saturated rings. The molecule has 0 amide bonds. The molecule has 0 saturated carbocycles. The maximum atomic E-state index is 11.1. The average molecular weight is 250 g/mol. The first kappa shape index (κ1) is 14.2. The lowest BCUT2D eigenvalue weighted by atomic mass is 10.0. The van der Waals surface area contributed by atoms with Gasteiger partial charge in [0.25, 0.3) is 0 Å². The molecule has 0 bridgehead atoms. The van der Waals surface area contributed by atoms with E-state index in [1.165, 1.54) is 13.1 Å². The predicted molar refractivity (Wildman–Crippen MR) is 68.7 cm³/mol. The maximum Gasteiger partial charge on any atom is 0.326 e. The summed E-state index contributed by atoms with van der Waals surface area (Å²) in [5.41, 5.74) is 0.510. The predicted octanol–water partition coefficient (Wildman–Crippen LogP) is 2.20. The molecule has 1 rings (SSSR count). The van der Waals surface area contributed by atoms with Gasteiger partial charge in [-0.1, -0.05) is 13.8 Å². The second kappa shape index (κ2) is 6.14. The first-order valence-corrected chi connectivity index (χ1v) is 5.86. The Morgan fingerprint density at radius 3 is 2.44 bits per heavy atom. The summed E-state index contributed by atoms with van der Waals surface area (Å²) in [7, 11) is 0. The number of rotatable bonds is 6. The maximum absolute atomic E-state index is 11.1. The van der Waals surface area contributed by atoms with Crippen LogP contribution in [0.1, 0.15) is 37.6 Å². The number of aliphatic carboxylic acids is 1. The van der Waals surface area contributed by atoms with E-state index in [1.807, 2.05) is 13.8 Å². The molecule has 1 aromatic heterocycles. The number of nitrogens with zero attached hydrogens (tertiary/aromatic N) is 1. The van der Waals surface area contributed by atoms with Crippen molar-refractivity contribution in [1.29, 1.82) is 0 Å². The number of carbonyl (C=O) groups is 2. The van der Waals surface area contributed by atoms with Crippen molar-refractivity contribution in [2.45, 2.75) is 33.2 Å². The number of nitrogens with one attached hydrogen (secondary N) is 1. The van der Waals surface area contributed by atoms with E-state index in [0.29, 0.717) is 17.8 Å². The lowest BCUT2D eigenvalue weighted by Crippen LogP contribution is -2.31. The number of hydrogen-bond acceptors (Lipinski definition) is 4. The molecule has 98 valence electrons. The summed E-state index contributed by atoms with van der Waals surface area (Å²) in [6, 6.07) is 2.58. The molecule has 0 spiro atoms. The molecule has 1 heterocycles.